The molecule has 0 saturated carbocycles. The third kappa shape index (κ3) is 3.73. The fraction of sp³-hybridized carbons (Fsp3) is 0.500. The lowest BCUT2D eigenvalue weighted by atomic mass is 9.82. The molecule has 2 unspecified atom stereocenters. The average molecular weight is 307 g/mol. The lowest BCUT2D eigenvalue weighted by Gasteiger charge is -2.33. The predicted octanol–water partition coefficient (Wildman–Crippen LogP) is 3.15. The van der Waals surface area contributed by atoms with Crippen LogP contribution < -0.4 is 0 Å². The third-order valence-corrected chi connectivity index (χ3v) is 4.74. The van der Waals surface area contributed by atoms with E-state index in [0.717, 1.165) is 4.88 Å². The summed E-state index contributed by atoms with van der Waals surface area (Å²) < 4.78 is 0. The molecule has 1 aromatic heterocycles. The van der Waals surface area contributed by atoms with Gasteiger partial charge in [-0.3, -0.25) is 9.59 Å². The lowest BCUT2D eigenvalue weighted by molar-refractivity contribution is -0.151. The third-order valence-electron chi connectivity index (χ3n) is 3.88. The molecule has 0 fully saturated rings. The van der Waals surface area contributed by atoms with Crippen LogP contribution in [0.25, 0.3) is 0 Å². The van der Waals surface area contributed by atoms with Crippen molar-refractivity contribution in [2.24, 2.45) is 11.8 Å². The first-order chi connectivity index (χ1) is 10.0. The number of rotatable bonds is 5. The first-order valence-corrected chi connectivity index (χ1v) is 8.09. The molecular weight excluding hydrogens is 286 g/mol. The van der Waals surface area contributed by atoms with Gasteiger partial charge in [-0.1, -0.05) is 18.2 Å². The summed E-state index contributed by atoms with van der Waals surface area (Å²) >= 11 is 1.62. The predicted molar refractivity (Wildman–Crippen MR) is 83.0 cm³/mol. The van der Waals surface area contributed by atoms with Gasteiger partial charge in [0.2, 0.25) is 5.91 Å². The van der Waals surface area contributed by atoms with E-state index < -0.39 is 17.8 Å². The Morgan fingerprint density at radius 2 is 2.00 bits per heavy atom. The number of amides is 1. The number of carbonyl (C=O) groups is 2. The molecule has 0 aromatic carbocycles. The molecule has 0 bridgehead atoms. The number of aliphatic carboxylic acids is 1. The molecule has 4 nitrogen and oxygen atoms in total. The molecule has 1 heterocycles. The van der Waals surface area contributed by atoms with Gasteiger partial charge in [0.05, 0.1) is 18.4 Å². The zero-order valence-electron chi connectivity index (χ0n) is 12.4. The Morgan fingerprint density at radius 3 is 2.52 bits per heavy atom. The van der Waals surface area contributed by atoms with Crippen molar-refractivity contribution in [1.29, 1.82) is 0 Å². The average Bonchev–Trinajstić information content (AvgIpc) is 2.96. The molecule has 5 heteroatoms. The number of carboxylic acid groups (broad SMARTS) is 1. The minimum absolute atomic E-state index is 0.0462. The quantitative estimate of drug-likeness (QED) is 0.850. The van der Waals surface area contributed by atoms with E-state index in [0.29, 0.717) is 19.4 Å². The summed E-state index contributed by atoms with van der Waals surface area (Å²) in [4.78, 5) is 27.1. The van der Waals surface area contributed by atoms with Crippen LogP contribution in [0.3, 0.4) is 0 Å². The molecule has 2 rings (SSSR count). The Hall–Kier alpha value is -1.62. The number of carboxylic acids is 1. The number of hydrogen-bond donors (Lipinski definition) is 1. The maximum absolute atomic E-state index is 12.8. The zero-order chi connectivity index (χ0) is 15.4. The van der Waals surface area contributed by atoms with Crippen LogP contribution in [0, 0.1) is 11.8 Å². The smallest absolute Gasteiger partial charge is 0.307 e. The fourth-order valence-electron chi connectivity index (χ4n) is 2.66. The molecule has 1 N–H and O–H groups in total. The summed E-state index contributed by atoms with van der Waals surface area (Å²) in [7, 11) is 0. The molecule has 0 radical (unpaired) electrons. The van der Waals surface area contributed by atoms with Gasteiger partial charge in [-0.25, -0.2) is 0 Å². The van der Waals surface area contributed by atoms with E-state index in [1.54, 1.807) is 16.2 Å². The molecule has 114 valence electrons. The second-order valence-electron chi connectivity index (χ2n) is 5.63. The van der Waals surface area contributed by atoms with Crippen LogP contribution in [0.4, 0.5) is 0 Å². The van der Waals surface area contributed by atoms with E-state index in [1.165, 1.54) is 0 Å². The van der Waals surface area contributed by atoms with Gasteiger partial charge in [0.15, 0.2) is 0 Å². The molecule has 21 heavy (non-hydrogen) atoms. The summed E-state index contributed by atoms with van der Waals surface area (Å²) in [5, 5.41) is 11.3. The number of hydrogen-bond acceptors (Lipinski definition) is 3. The maximum Gasteiger partial charge on any atom is 0.307 e. The Bertz CT molecular complexity index is 522. The largest absolute Gasteiger partial charge is 0.481 e. The molecule has 1 aromatic rings. The summed E-state index contributed by atoms with van der Waals surface area (Å²) in [5.74, 6) is -1.98. The van der Waals surface area contributed by atoms with Crippen molar-refractivity contribution >= 4 is 23.2 Å². The van der Waals surface area contributed by atoms with Crippen molar-refractivity contribution < 1.29 is 14.7 Å². The second-order valence-corrected chi connectivity index (χ2v) is 6.67. The highest BCUT2D eigenvalue weighted by atomic mass is 32.1. The first-order valence-electron chi connectivity index (χ1n) is 7.21. The van der Waals surface area contributed by atoms with Crippen molar-refractivity contribution in [3.63, 3.8) is 0 Å². The summed E-state index contributed by atoms with van der Waals surface area (Å²) in [6.07, 6.45) is 4.74. The normalized spacial score (nSPS) is 21.5. The lowest BCUT2D eigenvalue weighted by Crippen LogP contribution is -2.44. The van der Waals surface area contributed by atoms with Crippen LogP contribution in [-0.4, -0.2) is 27.9 Å². The van der Waals surface area contributed by atoms with Crippen LogP contribution in [0.15, 0.2) is 29.7 Å². The molecule has 0 spiro atoms. The zero-order valence-corrected chi connectivity index (χ0v) is 13.2. The molecule has 1 amide bonds. The van der Waals surface area contributed by atoms with Crippen molar-refractivity contribution in [3.8, 4) is 0 Å². The monoisotopic (exact) mass is 307 g/mol. The van der Waals surface area contributed by atoms with Crippen LogP contribution >= 0.6 is 11.3 Å². The number of thiophene rings is 1. The van der Waals surface area contributed by atoms with Crippen LogP contribution in [0.1, 0.15) is 31.6 Å². The molecule has 0 saturated heterocycles. The highest BCUT2D eigenvalue weighted by Crippen LogP contribution is 2.29. The highest BCUT2D eigenvalue weighted by Gasteiger charge is 2.37. The summed E-state index contributed by atoms with van der Waals surface area (Å²) in [5.41, 5.74) is 0. The second kappa shape index (κ2) is 6.89. The van der Waals surface area contributed by atoms with Crippen LogP contribution in [0.5, 0.6) is 0 Å². The topological polar surface area (TPSA) is 57.6 Å². The number of allylic oxidation sites excluding steroid dienone is 2. The van der Waals surface area contributed by atoms with Gasteiger partial charge in [0, 0.05) is 10.9 Å². The van der Waals surface area contributed by atoms with Gasteiger partial charge in [-0.05, 0) is 38.1 Å². The van der Waals surface area contributed by atoms with E-state index in [1.807, 2.05) is 43.5 Å². The van der Waals surface area contributed by atoms with E-state index in [-0.39, 0.29) is 11.9 Å². The van der Waals surface area contributed by atoms with Gasteiger partial charge < -0.3 is 10.0 Å². The van der Waals surface area contributed by atoms with E-state index in [2.05, 4.69) is 0 Å². The minimum Gasteiger partial charge on any atom is -0.481 e. The van der Waals surface area contributed by atoms with E-state index in [9.17, 15) is 14.7 Å². The van der Waals surface area contributed by atoms with Crippen LogP contribution in [-0.2, 0) is 16.1 Å². The highest BCUT2D eigenvalue weighted by molar-refractivity contribution is 7.09. The van der Waals surface area contributed by atoms with Crippen molar-refractivity contribution in [2.75, 3.05) is 0 Å². The number of nitrogens with zero attached hydrogens (tertiary/aromatic N) is 1. The van der Waals surface area contributed by atoms with Crippen molar-refractivity contribution in [1.82, 2.24) is 4.90 Å². The van der Waals surface area contributed by atoms with Crippen molar-refractivity contribution in [3.05, 3.63) is 34.5 Å². The van der Waals surface area contributed by atoms with Gasteiger partial charge in [-0.15, -0.1) is 11.3 Å². The Morgan fingerprint density at radius 1 is 1.33 bits per heavy atom. The molecule has 2 atom stereocenters. The van der Waals surface area contributed by atoms with Gasteiger partial charge in [0.1, 0.15) is 0 Å². The molecule has 1 aliphatic carbocycles. The summed E-state index contributed by atoms with van der Waals surface area (Å²) in [6.45, 7) is 4.50. The molecule has 0 aliphatic heterocycles. The van der Waals surface area contributed by atoms with E-state index in [4.69, 9.17) is 0 Å². The van der Waals surface area contributed by atoms with Gasteiger partial charge >= 0.3 is 5.97 Å². The Kier molecular flexibility index (Phi) is 5.17. The summed E-state index contributed by atoms with van der Waals surface area (Å²) in [6, 6.07) is 4.02. The maximum atomic E-state index is 12.8. The van der Waals surface area contributed by atoms with Gasteiger partial charge in [0.25, 0.3) is 0 Å². The Balaban J connectivity index is 2.17. The molecular formula is C16H21NO3S. The number of carbonyl (C=O) groups excluding carboxylic acids is 1. The van der Waals surface area contributed by atoms with Crippen molar-refractivity contribution in [2.45, 2.75) is 39.3 Å². The Labute approximate surface area is 129 Å². The van der Waals surface area contributed by atoms with E-state index >= 15 is 0 Å². The van der Waals surface area contributed by atoms with Gasteiger partial charge in [-0.2, -0.15) is 0 Å². The standard InChI is InChI=1S/C16H21NO3S/c1-11(2)17(10-12-6-5-9-21-12)15(18)13-7-3-4-8-14(13)16(19)20/h3-6,9,11,13-14H,7-8,10H2,1-2H3,(H,19,20). The first kappa shape index (κ1) is 15.8. The fourth-order valence-corrected chi connectivity index (χ4v) is 3.36. The molecule has 1 aliphatic rings. The SMILES string of the molecule is CC(C)N(Cc1cccs1)C(=O)C1CC=CCC1C(=O)O. The van der Waals surface area contributed by atoms with Crippen LogP contribution in [0.2, 0.25) is 0 Å². The minimum atomic E-state index is -0.877.